The van der Waals surface area contributed by atoms with Crippen LogP contribution in [0.1, 0.15) is 29.3 Å². The minimum absolute atomic E-state index is 0.0324. The summed E-state index contributed by atoms with van der Waals surface area (Å²) >= 11 is 6.04. The van der Waals surface area contributed by atoms with Crippen LogP contribution in [0.15, 0.2) is 24.4 Å². The third-order valence-corrected chi connectivity index (χ3v) is 6.03. The summed E-state index contributed by atoms with van der Waals surface area (Å²) in [7, 11) is -3.75. The Balaban J connectivity index is 1.88. The number of rotatable bonds is 10. The Hall–Kier alpha value is -2.76. The number of fused-ring (bicyclic) bond motifs is 1. The molecule has 0 atom stereocenters. The predicted molar refractivity (Wildman–Crippen MR) is 114 cm³/mol. The van der Waals surface area contributed by atoms with Crippen molar-refractivity contribution in [2.75, 3.05) is 23.7 Å². The molecule has 166 valence electrons. The largest absolute Gasteiger partial charge is 0.474 e. The number of halogens is 2. The maximum atomic E-state index is 15.0. The van der Waals surface area contributed by atoms with Crippen LogP contribution in [-0.4, -0.2) is 53.5 Å². The van der Waals surface area contributed by atoms with Crippen LogP contribution in [0.5, 0.6) is 5.88 Å². The van der Waals surface area contributed by atoms with Crippen LogP contribution in [0.4, 0.5) is 10.1 Å². The molecule has 2 heterocycles. The summed E-state index contributed by atoms with van der Waals surface area (Å²) in [6, 6.07) is 4.04. The first-order valence-electron chi connectivity index (χ1n) is 9.34. The first-order valence-corrected chi connectivity index (χ1v) is 11.4. The molecule has 2 aromatic heterocycles. The van der Waals surface area contributed by atoms with Gasteiger partial charge in [-0.05, 0) is 30.2 Å². The van der Waals surface area contributed by atoms with Crippen molar-refractivity contribution >= 4 is 44.1 Å². The fourth-order valence-corrected chi connectivity index (χ4v) is 4.30. The predicted octanol–water partition coefficient (Wildman–Crippen LogP) is 2.70. The Labute approximate surface area is 182 Å². The van der Waals surface area contributed by atoms with Crippen LogP contribution in [0.3, 0.4) is 0 Å². The minimum atomic E-state index is -3.75. The third-order valence-electron chi connectivity index (χ3n) is 4.24. The number of nitrogens with zero attached hydrogens (tertiary/aromatic N) is 2. The van der Waals surface area contributed by atoms with Crippen LogP contribution >= 0.6 is 11.6 Å². The number of aromatic amines is 1. The fraction of sp³-hybridized carbons (Fsp3) is 0.316. The molecule has 0 radical (unpaired) electrons. The molecule has 0 aliphatic rings. The molecular formula is C19H20ClFN4O5S. The summed E-state index contributed by atoms with van der Waals surface area (Å²) in [5.41, 5.74) is 0.104. The van der Waals surface area contributed by atoms with E-state index >= 15 is 0 Å². The monoisotopic (exact) mass is 470 g/mol. The summed E-state index contributed by atoms with van der Waals surface area (Å²) in [5.74, 6) is -1.67. The maximum absolute atomic E-state index is 15.0. The van der Waals surface area contributed by atoms with E-state index in [1.165, 1.54) is 18.3 Å². The van der Waals surface area contributed by atoms with E-state index in [0.717, 1.165) is 0 Å². The van der Waals surface area contributed by atoms with Crippen LogP contribution in [0.25, 0.3) is 11.0 Å². The number of aliphatic hydroxyl groups is 1. The van der Waals surface area contributed by atoms with E-state index in [1.54, 1.807) is 13.0 Å². The lowest BCUT2D eigenvalue weighted by Crippen LogP contribution is -2.18. The highest BCUT2D eigenvalue weighted by Crippen LogP contribution is 2.29. The van der Waals surface area contributed by atoms with Gasteiger partial charge in [-0.15, -0.1) is 5.10 Å². The summed E-state index contributed by atoms with van der Waals surface area (Å²) < 4.78 is 46.4. The SMILES string of the molecule is CCCS(=O)(=O)Nc1ccc(Cl)c(C(=O)Cc2cnc3[nH]nc(OCCO)c3c2)c1F. The molecule has 0 unspecified atom stereocenters. The number of aromatic nitrogens is 3. The number of carbonyl (C=O) groups is 1. The molecule has 3 rings (SSSR count). The number of hydrogen-bond acceptors (Lipinski definition) is 7. The summed E-state index contributed by atoms with van der Waals surface area (Å²) in [4.78, 5) is 17.0. The summed E-state index contributed by atoms with van der Waals surface area (Å²) in [6.45, 7) is 1.51. The van der Waals surface area contributed by atoms with Gasteiger partial charge in [0.1, 0.15) is 6.61 Å². The number of aliphatic hydroxyl groups excluding tert-OH is 1. The quantitative estimate of drug-likeness (QED) is 0.388. The van der Waals surface area contributed by atoms with E-state index in [1.807, 2.05) is 0 Å². The molecule has 0 amide bonds. The molecule has 0 saturated heterocycles. The van der Waals surface area contributed by atoms with Gasteiger partial charge in [0.15, 0.2) is 17.2 Å². The average molecular weight is 471 g/mol. The molecule has 31 heavy (non-hydrogen) atoms. The van der Waals surface area contributed by atoms with Crippen molar-refractivity contribution in [1.82, 2.24) is 15.2 Å². The number of sulfonamides is 1. The van der Waals surface area contributed by atoms with Crippen LogP contribution < -0.4 is 9.46 Å². The van der Waals surface area contributed by atoms with Gasteiger partial charge in [0.2, 0.25) is 15.9 Å². The molecule has 0 aliphatic heterocycles. The standard InChI is InChI=1S/C19H20ClFN4O5S/c1-2-7-31(28,29)25-14-4-3-13(20)16(17(14)21)15(27)9-11-8-12-18(22-10-11)23-24-19(12)30-6-5-26/h3-4,8,10,25-26H,2,5-7,9H2,1H3,(H,22,23,24). The average Bonchev–Trinajstić information content (AvgIpc) is 3.11. The zero-order valence-electron chi connectivity index (χ0n) is 16.5. The van der Waals surface area contributed by atoms with E-state index in [-0.39, 0.29) is 42.0 Å². The molecule has 0 aliphatic carbocycles. The molecular weight excluding hydrogens is 451 g/mol. The molecule has 12 heteroatoms. The number of ketones is 1. The van der Waals surface area contributed by atoms with E-state index in [0.29, 0.717) is 23.0 Å². The van der Waals surface area contributed by atoms with E-state index in [4.69, 9.17) is 21.4 Å². The molecule has 0 bridgehead atoms. The first kappa shape index (κ1) is 22.9. The van der Waals surface area contributed by atoms with Gasteiger partial charge in [-0.25, -0.2) is 17.8 Å². The molecule has 1 aromatic carbocycles. The maximum Gasteiger partial charge on any atom is 0.242 e. The number of H-pyrrole nitrogens is 1. The molecule has 9 nitrogen and oxygen atoms in total. The lowest BCUT2D eigenvalue weighted by Gasteiger charge is -2.12. The molecule has 3 aromatic rings. The Kier molecular flexibility index (Phi) is 7.08. The van der Waals surface area contributed by atoms with Crippen molar-refractivity contribution in [2.45, 2.75) is 19.8 Å². The zero-order chi connectivity index (χ0) is 22.6. The van der Waals surface area contributed by atoms with Gasteiger partial charge in [0.25, 0.3) is 0 Å². The molecule has 0 saturated carbocycles. The molecule has 0 fully saturated rings. The first-order chi connectivity index (χ1) is 14.8. The lowest BCUT2D eigenvalue weighted by molar-refractivity contribution is 0.0989. The van der Waals surface area contributed by atoms with Crippen LogP contribution in [0, 0.1) is 5.82 Å². The Morgan fingerprint density at radius 2 is 2.16 bits per heavy atom. The van der Waals surface area contributed by atoms with Crippen molar-refractivity contribution in [3.05, 3.63) is 46.4 Å². The van der Waals surface area contributed by atoms with E-state index in [2.05, 4.69) is 19.9 Å². The number of anilines is 1. The number of ether oxygens (including phenoxy) is 1. The second-order valence-corrected chi connectivity index (χ2v) is 8.89. The number of Topliss-reactive ketones (excluding diaryl/α,β-unsaturated/α-hetero) is 1. The minimum Gasteiger partial charge on any atom is -0.474 e. The smallest absolute Gasteiger partial charge is 0.242 e. The number of nitrogens with one attached hydrogen (secondary N) is 2. The fourth-order valence-electron chi connectivity index (χ4n) is 2.92. The van der Waals surface area contributed by atoms with Gasteiger partial charge in [-0.2, -0.15) is 0 Å². The van der Waals surface area contributed by atoms with Crippen molar-refractivity contribution in [2.24, 2.45) is 0 Å². The normalized spacial score (nSPS) is 11.6. The van der Waals surface area contributed by atoms with Gasteiger partial charge in [-0.1, -0.05) is 18.5 Å². The van der Waals surface area contributed by atoms with Crippen molar-refractivity contribution < 1.29 is 27.4 Å². The summed E-state index contributed by atoms with van der Waals surface area (Å²) in [5, 5.41) is 15.9. The number of benzene rings is 1. The third kappa shape index (κ3) is 5.30. The highest BCUT2D eigenvalue weighted by molar-refractivity contribution is 7.92. The van der Waals surface area contributed by atoms with Crippen molar-refractivity contribution in [3.63, 3.8) is 0 Å². The number of hydrogen-bond donors (Lipinski definition) is 3. The molecule has 3 N–H and O–H groups in total. The Morgan fingerprint density at radius 1 is 1.39 bits per heavy atom. The van der Waals surface area contributed by atoms with Crippen molar-refractivity contribution in [3.8, 4) is 5.88 Å². The second-order valence-electron chi connectivity index (χ2n) is 6.65. The lowest BCUT2D eigenvalue weighted by atomic mass is 10.0. The topological polar surface area (TPSA) is 134 Å². The Bertz CT molecular complexity index is 1220. The van der Waals surface area contributed by atoms with E-state index in [9.17, 15) is 17.6 Å². The highest BCUT2D eigenvalue weighted by atomic mass is 35.5. The van der Waals surface area contributed by atoms with Crippen molar-refractivity contribution in [1.29, 1.82) is 0 Å². The van der Waals surface area contributed by atoms with Gasteiger partial charge in [-0.3, -0.25) is 14.6 Å². The van der Waals surface area contributed by atoms with Gasteiger partial charge < -0.3 is 9.84 Å². The van der Waals surface area contributed by atoms with Crippen LogP contribution in [0.2, 0.25) is 5.02 Å². The highest BCUT2D eigenvalue weighted by Gasteiger charge is 2.22. The van der Waals surface area contributed by atoms with Crippen LogP contribution in [-0.2, 0) is 16.4 Å². The Morgan fingerprint density at radius 3 is 2.87 bits per heavy atom. The zero-order valence-corrected chi connectivity index (χ0v) is 18.1. The number of carbonyl (C=O) groups excluding carboxylic acids is 1. The van der Waals surface area contributed by atoms with Gasteiger partial charge in [0, 0.05) is 12.6 Å². The van der Waals surface area contributed by atoms with Gasteiger partial charge in [0.05, 0.1) is 34.0 Å². The van der Waals surface area contributed by atoms with E-state index < -0.39 is 27.2 Å². The summed E-state index contributed by atoms with van der Waals surface area (Å²) in [6.07, 6.45) is 1.53. The van der Waals surface area contributed by atoms with Gasteiger partial charge >= 0.3 is 0 Å². The number of pyridine rings is 1. The second kappa shape index (κ2) is 9.58. The molecule has 0 spiro atoms.